The zero-order valence-corrected chi connectivity index (χ0v) is 19.5. The first-order valence-corrected chi connectivity index (χ1v) is 12.3. The Bertz CT molecular complexity index is 1970. The van der Waals surface area contributed by atoms with Crippen molar-refractivity contribution in [2.24, 2.45) is 0 Å². The summed E-state index contributed by atoms with van der Waals surface area (Å²) in [5.74, 6) is 0. The first kappa shape index (κ1) is 19.9. The van der Waals surface area contributed by atoms with Gasteiger partial charge in [0, 0.05) is 42.7 Å². The number of fused-ring (bicyclic) bond motifs is 6. The fraction of sp³-hybridized carbons (Fsp3) is 0. The van der Waals surface area contributed by atoms with E-state index in [1.807, 2.05) is 36.5 Å². The van der Waals surface area contributed by atoms with E-state index in [-0.39, 0.29) is 0 Å². The van der Waals surface area contributed by atoms with E-state index < -0.39 is 0 Å². The first-order chi connectivity index (χ1) is 17.3. The monoisotopic (exact) mass is 462 g/mol. The molecule has 0 saturated carbocycles. The van der Waals surface area contributed by atoms with Crippen molar-refractivity contribution >= 4 is 53.2 Å². The van der Waals surface area contributed by atoms with E-state index in [9.17, 15) is 5.26 Å². The average Bonchev–Trinajstić information content (AvgIpc) is 3.31. The van der Waals surface area contributed by atoms with Gasteiger partial charge in [0.15, 0.2) is 0 Å². The number of rotatable bonds is 2. The van der Waals surface area contributed by atoms with Gasteiger partial charge < -0.3 is 0 Å². The second-order valence-electron chi connectivity index (χ2n) is 8.73. The zero-order chi connectivity index (χ0) is 23.4. The summed E-state index contributed by atoms with van der Waals surface area (Å²) in [5.41, 5.74) is 6.17. The Morgan fingerprint density at radius 1 is 0.629 bits per heavy atom. The molecule has 0 amide bonds. The van der Waals surface area contributed by atoms with Gasteiger partial charge >= 0.3 is 0 Å². The number of thiophene rings is 1. The van der Waals surface area contributed by atoms with E-state index >= 15 is 0 Å². The lowest BCUT2D eigenvalue weighted by molar-refractivity contribution is 1.43. The summed E-state index contributed by atoms with van der Waals surface area (Å²) in [5, 5.41) is 15.7. The Morgan fingerprint density at radius 2 is 1.40 bits per heavy atom. The second kappa shape index (κ2) is 7.77. The van der Waals surface area contributed by atoms with Crippen molar-refractivity contribution in [1.29, 1.82) is 5.26 Å². The van der Waals surface area contributed by atoms with E-state index in [1.165, 1.54) is 42.1 Å². The first-order valence-electron chi connectivity index (χ1n) is 11.5. The highest BCUT2D eigenvalue weighted by atomic mass is 32.1. The third kappa shape index (κ3) is 3.12. The molecule has 0 saturated heterocycles. The van der Waals surface area contributed by atoms with Crippen molar-refractivity contribution in [3.63, 3.8) is 0 Å². The van der Waals surface area contributed by atoms with Crippen molar-refractivity contribution in [2.45, 2.75) is 0 Å². The van der Waals surface area contributed by atoms with E-state index in [0.29, 0.717) is 5.56 Å². The standard InChI is InChI=1S/C32H18N2S/c33-19-24-5-1-2-7-25(24)26-8-3-9-30-31(26)28-18-23(14-15-29(28)35-30)22-13-11-20-10-12-21-6-4-16-34-32(21)27(20)17-22/h1-18H. The summed E-state index contributed by atoms with van der Waals surface area (Å²) in [6.45, 7) is 0. The molecule has 7 rings (SSSR count). The normalized spacial score (nSPS) is 11.4. The summed E-state index contributed by atoms with van der Waals surface area (Å²) in [4.78, 5) is 4.66. The van der Waals surface area contributed by atoms with Crippen LogP contribution in [0.5, 0.6) is 0 Å². The van der Waals surface area contributed by atoms with Gasteiger partial charge in [-0.1, -0.05) is 66.7 Å². The highest BCUT2D eigenvalue weighted by Crippen LogP contribution is 2.42. The van der Waals surface area contributed by atoms with Crippen molar-refractivity contribution in [2.75, 3.05) is 0 Å². The summed E-state index contributed by atoms with van der Waals surface area (Å²) in [7, 11) is 0. The van der Waals surface area contributed by atoms with Crippen LogP contribution in [0.1, 0.15) is 5.56 Å². The molecule has 0 bridgehead atoms. The summed E-state index contributed by atoms with van der Waals surface area (Å²) < 4.78 is 2.48. The molecule has 2 heterocycles. The van der Waals surface area contributed by atoms with Crippen LogP contribution in [0.4, 0.5) is 0 Å². The van der Waals surface area contributed by atoms with Gasteiger partial charge in [-0.2, -0.15) is 5.26 Å². The molecule has 7 aromatic rings. The van der Waals surface area contributed by atoms with Gasteiger partial charge in [-0.05, 0) is 58.5 Å². The topological polar surface area (TPSA) is 36.7 Å². The van der Waals surface area contributed by atoms with Gasteiger partial charge in [0.05, 0.1) is 17.1 Å². The number of nitrogens with zero attached hydrogens (tertiary/aromatic N) is 2. The number of benzene rings is 5. The average molecular weight is 463 g/mol. The van der Waals surface area contributed by atoms with Crippen LogP contribution in [0, 0.1) is 11.3 Å². The van der Waals surface area contributed by atoms with Gasteiger partial charge in [-0.3, -0.25) is 4.98 Å². The lowest BCUT2D eigenvalue weighted by Gasteiger charge is -2.09. The fourth-order valence-electron chi connectivity index (χ4n) is 5.09. The lowest BCUT2D eigenvalue weighted by atomic mass is 9.94. The molecule has 0 radical (unpaired) electrons. The minimum Gasteiger partial charge on any atom is -0.256 e. The van der Waals surface area contributed by atoms with Gasteiger partial charge in [0.2, 0.25) is 0 Å². The van der Waals surface area contributed by atoms with E-state index in [2.05, 4.69) is 83.8 Å². The minimum atomic E-state index is 0.699. The highest BCUT2D eigenvalue weighted by molar-refractivity contribution is 7.26. The van der Waals surface area contributed by atoms with Crippen LogP contribution in [0.2, 0.25) is 0 Å². The molecule has 5 aromatic carbocycles. The molecule has 35 heavy (non-hydrogen) atoms. The lowest BCUT2D eigenvalue weighted by Crippen LogP contribution is -1.85. The van der Waals surface area contributed by atoms with Crippen LogP contribution in [0.15, 0.2) is 109 Å². The van der Waals surface area contributed by atoms with Crippen molar-refractivity contribution in [3.8, 4) is 28.3 Å². The molecule has 0 N–H and O–H groups in total. The molecule has 0 atom stereocenters. The number of hydrogen-bond acceptors (Lipinski definition) is 3. The molecule has 0 spiro atoms. The molecule has 0 unspecified atom stereocenters. The molecule has 0 aliphatic carbocycles. The van der Waals surface area contributed by atoms with Crippen LogP contribution < -0.4 is 0 Å². The largest absolute Gasteiger partial charge is 0.256 e. The SMILES string of the molecule is N#Cc1ccccc1-c1cccc2sc3ccc(-c4ccc5ccc6cccnc6c5c4)cc3c12. The molecule has 0 fully saturated rings. The molecule has 2 nitrogen and oxygen atoms in total. The smallest absolute Gasteiger partial charge is 0.0998 e. The molecular weight excluding hydrogens is 444 g/mol. The summed E-state index contributed by atoms with van der Waals surface area (Å²) in [6.07, 6.45) is 1.86. The molecule has 162 valence electrons. The van der Waals surface area contributed by atoms with Crippen LogP contribution >= 0.6 is 11.3 Å². The third-order valence-corrected chi connectivity index (χ3v) is 7.89. The van der Waals surface area contributed by atoms with Gasteiger partial charge in [-0.25, -0.2) is 0 Å². The predicted octanol–water partition coefficient (Wildman–Crippen LogP) is 8.96. The van der Waals surface area contributed by atoms with Gasteiger partial charge in [0.25, 0.3) is 0 Å². The molecule has 2 aromatic heterocycles. The quantitative estimate of drug-likeness (QED) is 0.240. The van der Waals surface area contributed by atoms with Crippen LogP contribution in [-0.2, 0) is 0 Å². The Labute approximate surface area is 206 Å². The maximum atomic E-state index is 9.72. The maximum Gasteiger partial charge on any atom is 0.0998 e. The van der Waals surface area contributed by atoms with Crippen molar-refractivity contribution < 1.29 is 0 Å². The van der Waals surface area contributed by atoms with E-state index in [4.69, 9.17) is 0 Å². The highest BCUT2D eigenvalue weighted by Gasteiger charge is 2.14. The number of aromatic nitrogens is 1. The van der Waals surface area contributed by atoms with E-state index in [1.54, 1.807) is 11.3 Å². The van der Waals surface area contributed by atoms with Crippen molar-refractivity contribution in [1.82, 2.24) is 4.98 Å². The maximum absolute atomic E-state index is 9.72. The molecule has 3 heteroatoms. The summed E-state index contributed by atoms with van der Waals surface area (Å²) >= 11 is 1.80. The van der Waals surface area contributed by atoms with Gasteiger partial charge in [0.1, 0.15) is 0 Å². The van der Waals surface area contributed by atoms with Crippen LogP contribution in [0.25, 0.3) is 64.1 Å². The third-order valence-electron chi connectivity index (χ3n) is 6.76. The fourth-order valence-corrected chi connectivity index (χ4v) is 6.20. The van der Waals surface area contributed by atoms with Crippen molar-refractivity contribution in [3.05, 3.63) is 115 Å². The number of pyridine rings is 1. The molecule has 0 aliphatic rings. The van der Waals surface area contributed by atoms with E-state index in [0.717, 1.165) is 22.0 Å². The number of nitriles is 1. The summed E-state index contributed by atoms with van der Waals surface area (Å²) in [6, 6.07) is 38.4. The zero-order valence-electron chi connectivity index (χ0n) is 18.7. The minimum absolute atomic E-state index is 0.699. The Hall–Kier alpha value is -4.52. The predicted molar refractivity (Wildman–Crippen MR) is 148 cm³/mol. The van der Waals surface area contributed by atoms with Crippen LogP contribution in [0.3, 0.4) is 0 Å². The molecular formula is C32H18N2S. The van der Waals surface area contributed by atoms with Crippen LogP contribution in [-0.4, -0.2) is 4.98 Å². The molecule has 0 aliphatic heterocycles. The van der Waals surface area contributed by atoms with Gasteiger partial charge in [-0.15, -0.1) is 11.3 Å². The number of hydrogen-bond donors (Lipinski definition) is 0. The Balaban J connectivity index is 1.48. The second-order valence-corrected chi connectivity index (χ2v) is 9.81. The Morgan fingerprint density at radius 3 is 2.31 bits per heavy atom. The Kier molecular flexibility index (Phi) is 4.42.